The molecule has 0 radical (unpaired) electrons. The van der Waals surface area contributed by atoms with Crippen molar-refractivity contribution < 1.29 is 0 Å². The van der Waals surface area contributed by atoms with Crippen molar-refractivity contribution in [2.75, 3.05) is 4.90 Å². The fraction of sp³-hybridized carbons (Fsp3) is 0.111. The molecule has 0 saturated carbocycles. The van der Waals surface area contributed by atoms with E-state index in [1.165, 1.54) is 86.9 Å². The van der Waals surface area contributed by atoms with Gasteiger partial charge in [0, 0.05) is 48.7 Å². The summed E-state index contributed by atoms with van der Waals surface area (Å²) in [6, 6.07) is 52.4. The van der Waals surface area contributed by atoms with Crippen LogP contribution >= 0.6 is 11.3 Å². The Kier molecular flexibility index (Phi) is 9.37. The van der Waals surface area contributed by atoms with E-state index >= 15 is 0 Å². The zero-order valence-corrected chi connectivity index (χ0v) is 33.3. The summed E-state index contributed by atoms with van der Waals surface area (Å²) in [6.45, 7) is 12.7. The molecule has 1 nitrogen and oxygen atoms in total. The zero-order valence-electron chi connectivity index (χ0n) is 32.5. The van der Waals surface area contributed by atoms with E-state index in [9.17, 15) is 0 Å². The molecule has 1 aliphatic carbocycles. The normalized spacial score (nSPS) is 13.5. The van der Waals surface area contributed by atoms with E-state index in [2.05, 4.69) is 197 Å². The first-order valence-electron chi connectivity index (χ1n) is 19.7. The second kappa shape index (κ2) is 14.8. The van der Waals surface area contributed by atoms with Crippen molar-refractivity contribution in [3.05, 3.63) is 209 Å². The van der Waals surface area contributed by atoms with Crippen molar-refractivity contribution in [2.45, 2.75) is 40.0 Å². The molecule has 0 bridgehead atoms. The van der Waals surface area contributed by atoms with Gasteiger partial charge in [0.05, 0.1) is 0 Å². The number of thiophene rings is 1. The van der Waals surface area contributed by atoms with E-state index in [1.54, 1.807) is 0 Å². The fourth-order valence-electron chi connectivity index (χ4n) is 8.66. The van der Waals surface area contributed by atoms with Crippen LogP contribution in [0.3, 0.4) is 0 Å². The maximum Gasteiger partial charge on any atom is 0.0467 e. The van der Waals surface area contributed by atoms with Crippen LogP contribution in [0.5, 0.6) is 0 Å². The van der Waals surface area contributed by atoms with Crippen LogP contribution in [-0.2, 0) is 0 Å². The maximum atomic E-state index is 3.89. The summed E-state index contributed by atoms with van der Waals surface area (Å²) in [7, 11) is 0. The summed E-state index contributed by atoms with van der Waals surface area (Å²) in [5.41, 5.74) is 18.9. The Labute approximate surface area is 335 Å². The fourth-order valence-corrected chi connectivity index (χ4v) is 9.98. The van der Waals surface area contributed by atoms with Gasteiger partial charge in [0.2, 0.25) is 0 Å². The maximum absolute atomic E-state index is 3.89. The number of anilines is 3. The van der Waals surface area contributed by atoms with Crippen LogP contribution in [0.25, 0.3) is 54.6 Å². The SMILES string of the molecule is C=C/C=C\c1ccc(N(c2ccc(C)c(/C=C\CC)c2)c2ccc3c(c2)C(c2ccccc2-c2c(C)ccc4c2sc2ccccc24)c2ccccc2-3)cc1C. The smallest absolute Gasteiger partial charge is 0.0467 e. The summed E-state index contributed by atoms with van der Waals surface area (Å²) in [6.07, 6.45) is 11.5. The third-order valence-electron chi connectivity index (χ3n) is 11.4. The molecular weight excluding hydrogens is 695 g/mol. The highest BCUT2D eigenvalue weighted by Gasteiger charge is 2.33. The number of fused-ring (bicyclic) bond motifs is 6. The van der Waals surface area contributed by atoms with Crippen LogP contribution in [0.2, 0.25) is 0 Å². The summed E-state index contributed by atoms with van der Waals surface area (Å²) in [4.78, 5) is 2.44. The van der Waals surface area contributed by atoms with Crippen molar-refractivity contribution >= 4 is 60.7 Å². The molecule has 1 atom stereocenters. The molecule has 1 aromatic heterocycles. The van der Waals surface area contributed by atoms with Gasteiger partial charge in [0.25, 0.3) is 0 Å². The van der Waals surface area contributed by atoms with Gasteiger partial charge in [-0.1, -0.05) is 141 Å². The number of rotatable bonds is 9. The Hall–Kier alpha value is -6.22. The second-order valence-corrected chi connectivity index (χ2v) is 16.0. The van der Waals surface area contributed by atoms with Crippen LogP contribution in [0, 0.1) is 20.8 Å². The highest BCUT2D eigenvalue weighted by atomic mass is 32.1. The Morgan fingerprint density at radius 3 is 2.04 bits per heavy atom. The van der Waals surface area contributed by atoms with E-state index < -0.39 is 0 Å². The number of benzene rings is 7. The van der Waals surface area contributed by atoms with Gasteiger partial charge < -0.3 is 4.90 Å². The average Bonchev–Trinajstić information content (AvgIpc) is 3.76. The van der Waals surface area contributed by atoms with Gasteiger partial charge in [-0.15, -0.1) is 11.3 Å². The molecule has 8 aromatic rings. The van der Waals surface area contributed by atoms with Gasteiger partial charge in [0.15, 0.2) is 0 Å². The molecule has 2 heteroatoms. The van der Waals surface area contributed by atoms with E-state index in [1.807, 2.05) is 23.5 Å². The minimum atomic E-state index is 0.0671. The molecule has 56 heavy (non-hydrogen) atoms. The van der Waals surface area contributed by atoms with Gasteiger partial charge in [-0.05, 0) is 131 Å². The van der Waals surface area contributed by atoms with Crippen LogP contribution < -0.4 is 4.90 Å². The monoisotopic (exact) mass is 739 g/mol. The average molecular weight is 740 g/mol. The molecule has 9 rings (SSSR count). The van der Waals surface area contributed by atoms with Crippen molar-refractivity contribution in [3.8, 4) is 22.3 Å². The quantitative estimate of drug-likeness (QED) is 0.133. The first kappa shape index (κ1) is 35.5. The predicted molar refractivity (Wildman–Crippen MR) is 245 cm³/mol. The molecule has 0 fully saturated rings. The van der Waals surface area contributed by atoms with E-state index in [4.69, 9.17) is 0 Å². The molecule has 7 aromatic carbocycles. The van der Waals surface area contributed by atoms with Gasteiger partial charge in [0.1, 0.15) is 0 Å². The van der Waals surface area contributed by atoms with Crippen molar-refractivity contribution in [2.24, 2.45) is 0 Å². The van der Waals surface area contributed by atoms with E-state index in [0.29, 0.717) is 0 Å². The Morgan fingerprint density at radius 2 is 1.23 bits per heavy atom. The van der Waals surface area contributed by atoms with Crippen LogP contribution in [-0.4, -0.2) is 0 Å². The molecule has 1 heterocycles. The lowest BCUT2D eigenvalue weighted by Crippen LogP contribution is -2.12. The lowest BCUT2D eigenvalue weighted by molar-refractivity contribution is 1.02. The van der Waals surface area contributed by atoms with Crippen molar-refractivity contribution in [1.82, 2.24) is 0 Å². The molecule has 0 amide bonds. The summed E-state index contributed by atoms with van der Waals surface area (Å²) < 4.78 is 2.69. The zero-order chi connectivity index (χ0) is 38.3. The van der Waals surface area contributed by atoms with E-state index in [0.717, 1.165) is 23.5 Å². The van der Waals surface area contributed by atoms with Gasteiger partial charge in [-0.25, -0.2) is 0 Å². The standard InChI is InChI=1S/C54H45NS/c1-6-8-16-38-26-28-40(32-37(38)5)55(41-27-24-35(3)39(33-41)17-9-7-2)42-29-31-44-43-18-10-11-20-46(43)53(50(44)34-42)48-22-13-12-21-47(48)52-36(4)25-30-49-45-19-14-15-23-51(45)56-54(49)52/h6,8-34,53H,1,7H2,2-5H3/b16-8-,17-9-. The van der Waals surface area contributed by atoms with Crippen molar-refractivity contribution in [3.63, 3.8) is 0 Å². The minimum absolute atomic E-state index is 0.0671. The highest BCUT2D eigenvalue weighted by Crippen LogP contribution is 2.53. The minimum Gasteiger partial charge on any atom is -0.310 e. The Balaban J connectivity index is 1.26. The van der Waals surface area contributed by atoms with Gasteiger partial charge >= 0.3 is 0 Å². The van der Waals surface area contributed by atoms with Crippen LogP contribution in [0.4, 0.5) is 17.1 Å². The summed E-state index contributed by atoms with van der Waals surface area (Å²) in [5, 5.41) is 2.66. The first-order valence-corrected chi connectivity index (χ1v) is 20.5. The van der Waals surface area contributed by atoms with Crippen LogP contribution in [0.15, 0.2) is 164 Å². The number of hydrogen-bond donors (Lipinski definition) is 0. The number of nitrogens with zero attached hydrogens (tertiary/aromatic N) is 1. The topological polar surface area (TPSA) is 3.24 Å². The van der Waals surface area contributed by atoms with Gasteiger partial charge in [-0.3, -0.25) is 0 Å². The molecule has 0 aliphatic heterocycles. The number of aryl methyl sites for hydroxylation is 3. The predicted octanol–water partition coefficient (Wildman–Crippen LogP) is 15.9. The third kappa shape index (κ3) is 6.11. The largest absolute Gasteiger partial charge is 0.310 e. The molecule has 0 N–H and O–H groups in total. The lowest BCUT2D eigenvalue weighted by Gasteiger charge is -2.28. The molecule has 272 valence electrons. The number of allylic oxidation sites excluding steroid dienone is 3. The van der Waals surface area contributed by atoms with Crippen LogP contribution in [0.1, 0.15) is 63.8 Å². The Morgan fingerprint density at radius 1 is 0.571 bits per heavy atom. The Bertz CT molecular complexity index is 2860. The molecular formula is C54H45NS. The summed E-state index contributed by atoms with van der Waals surface area (Å²) in [5.74, 6) is 0.0671. The molecule has 1 unspecified atom stereocenters. The molecule has 0 saturated heterocycles. The lowest BCUT2D eigenvalue weighted by atomic mass is 9.83. The van der Waals surface area contributed by atoms with E-state index in [-0.39, 0.29) is 5.92 Å². The highest BCUT2D eigenvalue weighted by molar-refractivity contribution is 7.26. The second-order valence-electron chi connectivity index (χ2n) is 14.9. The number of hydrogen-bond acceptors (Lipinski definition) is 2. The third-order valence-corrected chi connectivity index (χ3v) is 12.6. The summed E-state index contributed by atoms with van der Waals surface area (Å²) >= 11 is 1.91. The molecule has 0 spiro atoms. The first-order chi connectivity index (χ1) is 27.4. The van der Waals surface area contributed by atoms with Crippen molar-refractivity contribution in [1.29, 1.82) is 0 Å². The molecule has 1 aliphatic rings. The van der Waals surface area contributed by atoms with Gasteiger partial charge in [-0.2, -0.15) is 0 Å².